The number of rotatable bonds is 4. The zero-order valence-corrected chi connectivity index (χ0v) is 9.61. The molecule has 1 aliphatic rings. The van der Waals surface area contributed by atoms with Crippen molar-refractivity contribution >= 4 is 0 Å². The maximum absolute atomic E-state index is 9.48. The molecule has 0 amide bonds. The summed E-state index contributed by atoms with van der Waals surface area (Å²) in [7, 11) is 1.63. The smallest absolute Gasteiger partial charge is 0.162 e. The van der Waals surface area contributed by atoms with Crippen LogP contribution in [0.25, 0.3) is 0 Å². The molecule has 3 heteroatoms. The van der Waals surface area contributed by atoms with Crippen molar-refractivity contribution in [3.05, 3.63) is 24.3 Å². The third-order valence-corrected chi connectivity index (χ3v) is 3.20. The Kier molecular flexibility index (Phi) is 3.34. The Labute approximate surface area is 96.0 Å². The Morgan fingerprint density at radius 2 is 1.81 bits per heavy atom. The third kappa shape index (κ3) is 2.14. The predicted molar refractivity (Wildman–Crippen MR) is 61.9 cm³/mol. The highest BCUT2D eigenvalue weighted by Crippen LogP contribution is 2.37. The molecule has 16 heavy (non-hydrogen) atoms. The molecule has 0 unspecified atom stereocenters. The minimum atomic E-state index is -0.394. The van der Waals surface area contributed by atoms with E-state index in [1.807, 2.05) is 24.3 Å². The summed E-state index contributed by atoms with van der Waals surface area (Å²) < 4.78 is 11.2. The van der Waals surface area contributed by atoms with Gasteiger partial charge in [-0.1, -0.05) is 12.1 Å². The van der Waals surface area contributed by atoms with Crippen LogP contribution in [0.2, 0.25) is 0 Å². The van der Waals surface area contributed by atoms with Gasteiger partial charge in [0.15, 0.2) is 11.5 Å². The molecule has 0 atom stereocenters. The molecule has 0 heterocycles. The first-order valence-electron chi connectivity index (χ1n) is 5.72. The van der Waals surface area contributed by atoms with Crippen molar-refractivity contribution in [1.82, 2.24) is 0 Å². The molecule has 2 rings (SSSR count). The molecule has 0 aliphatic heterocycles. The fourth-order valence-corrected chi connectivity index (χ4v) is 2.25. The van der Waals surface area contributed by atoms with Gasteiger partial charge in [0.2, 0.25) is 0 Å². The fourth-order valence-electron chi connectivity index (χ4n) is 2.25. The molecule has 88 valence electrons. The van der Waals surface area contributed by atoms with Crippen LogP contribution in [0.4, 0.5) is 0 Å². The maximum Gasteiger partial charge on any atom is 0.162 e. The molecule has 1 saturated carbocycles. The van der Waals surface area contributed by atoms with Crippen molar-refractivity contribution in [2.24, 2.45) is 0 Å². The minimum absolute atomic E-state index is 0.0745. The average molecular weight is 222 g/mol. The van der Waals surface area contributed by atoms with E-state index in [1.54, 1.807) is 7.11 Å². The van der Waals surface area contributed by atoms with Crippen LogP contribution in [0.5, 0.6) is 11.5 Å². The van der Waals surface area contributed by atoms with Crippen LogP contribution in [0, 0.1) is 0 Å². The topological polar surface area (TPSA) is 38.7 Å². The van der Waals surface area contributed by atoms with Crippen LogP contribution in [0.1, 0.15) is 25.7 Å². The summed E-state index contributed by atoms with van der Waals surface area (Å²) in [5, 5.41) is 9.48. The summed E-state index contributed by atoms with van der Waals surface area (Å²) >= 11 is 0. The lowest BCUT2D eigenvalue weighted by Crippen LogP contribution is -2.36. The summed E-state index contributed by atoms with van der Waals surface area (Å²) in [5.74, 6) is 1.45. The molecule has 3 nitrogen and oxygen atoms in total. The Balaban J connectivity index is 2.18. The van der Waals surface area contributed by atoms with E-state index in [0.29, 0.717) is 0 Å². The van der Waals surface area contributed by atoms with Gasteiger partial charge in [0.1, 0.15) is 5.60 Å². The van der Waals surface area contributed by atoms with Gasteiger partial charge in [-0.05, 0) is 37.8 Å². The Morgan fingerprint density at radius 3 is 2.38 bits per heavy atom. The zero-order chi connectivity index (χ0) is 11.4. The first-order valence-corrected chi connectivity index (χ1v) is 5.72. The van der Waals surface area contributed by atoms with Crippen LogP contribution in [-0.2, 0) is 0 Å². The van der Waals surface area contributed by atoms with Crippen molar-refractivity contribution in [2.75, 3.05) is 13.7 Å². The number of aliphatic hydroxyl groups excluding tert-OH is 1. The van der Waals surface area contributed by atoms with Gasteiger partial charge in [0.25, 0.3) is 0 Å². The van der Waals surface area contributed by atoms with Crippen LogP contribution in [0.3, 0.4) is 0 Å². The van der Waals surface area contributed by atoms with Crippen LogP contribution < -0.4 is 9.47 Å². The highest BCUT2D eigenvalue weighted by atomic mass is 16.5. The Bertz CT molecular complexity index is 343. The third-order valence-electron chi connectivity index (χ3n) is 3.20. The van der Waals surface area contributed by atoms with E-state index in [1.165, 1.54) is 0 Å². The van der Waals surface area contributed by atoms with Crippen LogP contribution in [0.15, 0.2) is 24.3 Å². The molecule has 0 spiro atoms. The molecule has 1 aromatic rings. The summed E-state index contributed by atoms with van der Waals surface area (Å²) in [6.07, 6.45) is 4.08. The lowest BCUT2D eigenvalue weighted by atomic mass is 10.0. The SMILES string of the molecule is COc1ccccc1OC1(CO)CCCC1. The lowest BCUT2D eigenvalue weighted by molar-refractivity contribution is 0.0132. The summed E-state index contributed by atoms with van der Waals surface area (Å²) in [6, 6.07) is 7.58. The number of para-hydroxylation sites is 2. The zero-order valence-electron chi connectivity index (χ0n) is 9.61. The first-order chi connectivity index (χ1) is 7.79. The monoisotopic (exact) mass is 222 g/mol. The number of ether oxygens (including phenoxy) is 2. The molecule has 0 saturated heterocycles. The van der Waals surface area contributed by atoms with E-state index >= 15 is 0 Å². The number of methoxy groups -OCH3 is 1. The van der Waals surface area contributed by atoms with E-state index in [2.05, 4.69) is 0 Å². The van der Waals surface area contributed by atoms with Gasteiger partial charge >= 0.3 is 0 Å². The van der Waals surface area contributed by atoms with E-state index in [9.17, 15) is 5.11 Å². The molecule has 1 aromatic carbocycles. The highest BCUT2D eigenvalue weighted by Gasteiger charge is 2.36. The van der Waals surface area contributed by atoms with Crippen molar-refractivity contribution in [3.8, 4) is 11.5 Å². The molecule has 0 bridgehead atoms. The Morgan fingerprint density at radius 1 is 1.19 bits per heavy atom. The maximum atomic E-state index is 9.48. The molecule has 0 aromatic heterocycles. The van der Waals surface area contributed by atoms with Crippen molar-refractivity contribution in [3.63, 3.8) is 0 Å². The average Bonchev–Trinajstić information content (AvgIpc) is 2.79. The first kappa shape index (κ1) is 11.3. The van der Waals surface area contributed by atoms with Gasteiger partial charge in [-0.2, -0.15) is 0 Å². The Hall–Kier alpha value is -1.22. The molecular formula is C13H18O3. The lowest BCUT2D eigenvalue weighted by Gasteiger charge is -2.28. The fraction of sp³-hybridized carbons (Fsp3) is 0.538. The standard InChI is InChI=1S/C13H18O3/c1-15-11-6-2-3-7-12(11)16-13(10-14)8-4-5-9-13/h2-3,6-7,14H,4-5,8-10H2,1H3. The summed E-state index contributed by atoms with van der Waals surface area (Å²) in [6.45, 7) is 0.0745. The molecule has 0 radical (unpaired) electrons. The van der Waals surface area contributed by atoms with Crippen LogP contribution in [-0.4, -0.2) is 24.4 Å². The van der Waals surface area contributed by atoms with Gasteiger partial charge in [0.05, 0.1) is 13.7 Å². The number of aliphatic hydroxyl groups is 1. The molecule has 1 N–H and O–H groups in total. The normalized spacial score (nSPS) is 18.4. The molecule has 1 fully saturated rings. The van der Waals surface area contributed by atoms with E-state index in [4.69, 9.17) is 9.47 Å². The van der Waals surface area contributed by atoms with Gasteiger partial charge in [-0.3, -0.25) is 0 Å². The van der Waals surface area contributed by atoms with E-state index in [0.717, 1.165) is 37.2 Å². The van der Waals surface area contributed by atoms with Gasteiger partial charge < -0.3 is 14.6 Å². The van der Waals surface area contributed by atoms with Crippen molar-refractivity contribution in [1.29, 1.82) is 0 Å². The number of benzene rings is 1. The largest absolute Gasteiger partial charge is 0.493 e. The second kappa shape index (κ2) is 4.74. The second-order valence-corrected chi connectivity index (χ2v) is 4.30. The molecule has 1 aliphatic carbocycles. The van der Waals surface area contributed by atoms with Crippen molar-refractivity contribution in [2.45, 2.75) is 31.3 Å². The quantitative estimate of drug-likeness (QED) is 0.850. The second-order valence-electron chi connectivity index (χ2n) is 4.30. The summed E-state index contributed by atoms with van der Waals surface area (Å²) in [5.41, 5.74) is -0.394. The number of hydrogen-bond acceptors (Lipinski definition) is 3. The van der Waals surface area contributed by atoms with Gasteiger partial charge in [-0.15, -0.1) is 0 Å². The number of hydrogen-bond donors (Lipinski definition) is 1. The predicted octanol–water partition coefficient (Wildman–Crippen LogP) is 2.38. The van der Waals surface area contributed by atoms with E-state index < -0.39 is 5.60 Å². The van der Waals surface area contributed by atoms with Gasteiger partial charge in [-0.25, -0.2) is 0 Å². The summed E-state index contributed by atoms with van der Waals surface area (Å²) in [4.78, 5) is 0. The van der Waals surface area contributed by atoms with Crippen molar-refractivity contribution < 1.29 is 14.6 Å². The highest BCUT2D eigenvalue weighted by molar-refractivity contribution is 5.39. The van der Waals surface area contributed by atoms with Crippen LogP contribution >= 0.6 is 0 Å². The molecular weight excluding hydrogens is 204 g/mol. The minimum Gasteiger partial charge on any atom is -0.493 e. The van der Waals surface area contributed by atoms with Gasteiger partial charge in [0, 0.05) is 0 Å². The van der Waals surface area contributed by atoms with E-state index in [-0.39, 0.29) is 6.61 Å².